The normalized spacial score (nSPS) is 9.56. The van der Waals surface area contributed by atoms with Crippen LogP contribution in [0.15, 0.2) is 29.2 Å². The lowest BCUT2D eigenvalue weighted by Crippen LogP contribution is -2.30. The number of aliphatic carboxylic acids is 1. The molecule has 0 fully saturated rings. The number of para-hydroxylation sites is 1. The molecule has 86 valence electrons. The number of amides is 2. The Bertz CT molecular complexity index is 395. The van der Waals surface area contributed by atoms with Crippen LogP contribution in [0.3, 0.4) is 0 Å². The van der Waals surface area contributed by atoms with Crippen molar-refractivity contribution in [3.63, 3.8) is 0 Å². The van der Waals surface area contributed by atoms with Crippen molar-refractivity contribution in [1.29, 1.82) is 0 Å². The molecule has 0 heterocycles. The molecule has 0 saturated heterocycles. The third-order valence-electron chi connectivity index (χ3n) is 1.78. The highest BCUT2D eigenvalue weighted by Crippen LogP contribution is 2.17. The van der Waals surface area contributed by atoms with Crippen LogP contribution < -0.4 is 10.6 Å². The summed E-state index contributed by atoms with van der Waals surface area (Å²) in [5.74, 6) is -0.949. The highest BCUT2D eigenvalue weighted by atomic mass is 32.1. The zero-order chi connectivity index (χ0) is 12.0. The van der Waals surface area contributed by atoms with Crippen molar-refractivity contribution < 1.29 is 14.7 Å². The SMILES string of the molecule is O=C(O)CCNC(=O)Nc1ccccc1S. The van der Waals surface area contributed by atoms with Crippen LogP contribution in [0, 0.1) is 0 Å². The molecule has 0 atom stereocenters. The van der Waals surface area contributed by atoms with E-state index in [1.54, 1.807) is 24.3 Å². The van der Waals surface area contributed by atoms with Gasteiger partial charge in [0, 0.05) is 11.4 Å². The second-order valence-corrected chi connectivity index (χ2v) is 3.52. The largest absolute Gasteiger partial charge is 0.481 e. The van der Waals surface area contributed by atoms with E-state index in [9.17, 15) is 9.59 Å². The van der Waals surface area contributed by atoms with Crippen molar-refractivity contribution in [2.45, 2.75) is 11.3 Å². The first-order chi connectivity index (χ1) is 7.59. The minimum atomic E-state index is -0.949. The predicted molar refractivity (Wildman–Crippen MR) is 63.0 cm³/mol. The van der Waals surface area contributed by atoms with Crippen LogP contribution in [-0.2, 0) is 4.79 Å². The molecule has 1 rings (SSSR count). The maximum atomic E-state index is 11.3. The van der Waals surface area contributed by atoms with E-state index < -0.39 is 12.0 Å². The number of rotatable bonds is 4. The van der Waals surface area contributed by atoms with Gasteiger partial charge >= 0.3 is 12.0 Å². The molecule has 16 heavy (non-hydrogen) atoms. The molecule has 6 heteroatoms. The molecule has 0 aromatic heterocycles. The van der Waals surface area contributed by atoms with E-state index >= 15 is 0 Å². The van der Waals surface area contributed by atoms with E-state index in [0.29, 0.717) is 10.6 Å². The van der Waals surface area contributed by atoms with Gasteiger partial charge in [0.1, 0.15) is 0 Å². The highest BCUT2D eigenvalue weighted by Gasteiger charge is 2.04. The van der Waals surface area contributed by atoms with Crippen LogP contribution in [0.1, 0.15) is 6.42 Å². The van der Waals surface area contributed by atoms with Gasteiger partial charge in [-0.2, -0.15) is 0 Å². The van der Waals surface area contributed by atoms with Crippen molar-refractivity contribution in [1.82, 2.24) is 5.32 Å². The summed E-state index contributed by atoms with van der Waals surface area (Å²) in [7, 11) is 0. The third-order valence-corrected chi connectivity index (χ3v) is 2.17. The van der Waals surface area contributed by atoms with Gasteiger partial charge in [0.15, 0.2) is 0 Å². The number of hydrogen-bond donors (Lipinski definition) is 4. The number of carboxylic acids is 1. The molecular weight excluding hydrogens is 228 g/mol. The van der Waals surface area contributed by atoms with Gasteiger partial charge in [0.2, 0.25) is 0 Å². The first-order valence-electron chi connectivity index (χ1n) is 4.64. The van der Waals surface area contributed by atoms with Crippen molar-refractivity contribution in [2.75, 3.05) is 11.9 Å². The number of anilines is 1. The number of carbonyl (C=O) groups is 2. The van der Waals surface area contributed by atoms with Gasteiger partial charge in [-0.1, -0.05) is 12.1 Å². The number of benzene rings is 1. The summed E-state index contributed by atoms with van der Waals surface area (Å²) in [6.07, 6.45) is -0.101. The second kappa shape index (κ2) is 6.02. The van der Waals surface area contributed by atoms with E-state index in [2.05, 4.69) is 23.3 Å². The Morgan fingerprint density at radius 2 is 2.00 bits per heavy atom. The topological polar surface area (TPSA) is 78.4 Å². The number of carboxylic acid groups (broad SMARTS) is 1. The van der Waals surface area contributed by atoms with Crippen LogP contribution in [0.2, 0.25) is 0 Å². The standard InChI is InChI=1S/C10H12N2O3S/c13-9(14)5-6-11-10(15)12-7-3-1-2-4-8(7)16/h1-4,16H,5-6H2,(H,13,14)(H2,11,12,15). The Kier molecular flexibility index (Phi) is 4.65. The van der Waals surface area contributed by atoms with Gasteiger partial charge in [0.05, 0.1) is 12.1 Å². The Balaban J connectivity index is 2.40. The first kappa shape index (κ1) is 12.4. The number of carbonyl (C=O) groups excluding carboxylic acids is 1. The van der Waals surface area contributed by atoms with Crippen LogP contribution in [0.25, 0.3) is 0 Å². The van der Waals surface area contributed by atoms with Gasteiger partial charge < -0.3 is 15.7 Å². The molecule has 3 N–H and O–H groups in total. The average Bonchev–Trinajstić information content (AvgIpc) is 2.21. The summed E-state index contributed by atoms with van der Waals surface area (Å²) in [5.41, 5.74) is 0.582. The first-order valence-corrected chi connectivity index (χ1v) is 5.09. The summed E-state index contributed by atoms with van der Waals surface area (Å²) in [4.78, 5) is 22.2. The predicted octanol–water partition coefficient (Wildman–Crippen LogP) is 1.57. The average molecular weight is 240 g/mol. The Hall–Kier alpha value is -1.69. The molecule has 0 aliphatic rings. The third kappa shape index (κ3) is 4.22. The maximum absolute atomic E-state index is 11.3. The Morgan fingerprint density at radius 1 is 1.31 bits per heavy atom. The Morgan fingerprint density at radius 3 is 2.62 bits per heavy atom. The number of nitrogens with one attached hydrogen (secondary N) is 2. The minimum Gasteiger partial charge on any atom is -0.481 e. The van der Waals surface area contributed by atoms with Gasteiger partial charge in [-0.05, 0) is 12.1 Å². The monoisotopic (exact) mass is 240 g/mol. The smallest absolute Gasteiger partial charge is 0.319 e. The zero-order valence-corrected chi connectivity index (χ0v) is 9.33. The van der Waals surface area contributed by atoms with Gasteiger partial charge in [0.25, 0.3) is 0 Å². The molecule has 0 bridgehead atoms. The van der Waals surface area contributed by atoms with Gasteiger partial charge in [-0.3, -0.25) is 4.79 Å². The summed E-state index contributed by atoms with van der Waals surface area (Å²) in [6.45, 7) is 0.0932. The lowest BCUT2D eigenvalue weighted by molar-refractivity contribution is -0.136. The van der Waals surface area contributed by atoms with Crippen LogP contribution >= 0.6 is 12.6 Å². The lowest BCUT2D eigenvalue weighted by Gasteiger charge is -2.08. The molecule has 0 aliphatic carbocycles. The summed E-state index contributed by atoms with van der Waals surface area (Å²) < 4.78 is 0. The van der Waals surface area contributed by atoms with Gasteiger partial charge in [-0.25, -0.2) is 4.79 Å². The molecule has 5 nitrogen and oxygen atoms in total. The number of hydrogen-bond acceptors (Lipinski definition) is 3. The molecule has 0 radical (unpaired) electrons. The quantitative estimate of drug-likeness (QED) is 0.603. The molecule has 0 aliphatic heterocycles. The maximum Gasteiger partial charge on any atom is 0.319 e. The fraction of sp³-hybridized carbons (Fsp3) is 0.200. The minimum absolute atomic E-state index is 0.0932. The zero-order valence-electron chi connectivity index (χ0n) is 8.43. The van der Waals surface area contributed by atoms with Crippen molar-refractivity contribution in [3.05, 3.63) is 24.3 Å². The van der Waals surface area contributed by atoms with Crippen LogP contribution in [-0.4, -0.2) is 23.7 Å². The number of urea groups is 1. The van der Waals surface area contributed by atoms with E-state index in [1.807, 2.05) is 0 Å². The van der Waals surface area contributed by atoms with Crippen molar-refractivity contribution in [3.8, 4) is 0 Å². The molecule has 2 amide bonds. The van der Waals surface area contributed by atoms with Gasteiger partial charge in [-0.15, -0.1) is 12.6 Å². The van der Waals surface area contributed by atoms with Crippen LogP contribution in [0.5, 0.6) is 0 Å². The lowest BCUT2D eigenvalue weighted by atomic mass is 10.3. The van der Waals surface area contributed by atoms with Crippen molar-refractivity contribution >= 4 is 30.3 Å². The fourth-order valence-corrected chi connectivity index (χ4v) is 1.25. The van der Waals surface area contributed by atoms with E-state index in [0.717, 1.165) is 0 Å². The van der Waals surface area contributed by atoms with E-state index in [1.165, 1.54) is 0 Å². The highest BCUT2D eigenvalue weighted by molar-refractivity contribution is 7.80. The van der Waals surface area contributed by atoms with Crippen LogP contribution in [0.4, 0.5) is 10.5 Å². The number of thiol groups is 1. The summed E-state index contributed by atoms with van der Waals surface area (Å²) >= 11 is 4.16. The summed E-state index contributed by atoms with van der Waals surface area (Å²) in [5, 5.41) is 13.4. The summed E-state index contributed by atoms with van der Waals surface area (Å²) in [6, 6.07) is 6.58. The molecule has 1 aromatic carbocycles. The van der Waals surface area contributed by atoms with Crippen molar-refractivity contribution in [2.24, 2.45) is 0 Å². The molecule has 1 aromatic rings. The molecule has 0 spiro atoms. The van der Waals surface area contributed by atoms with E-state index in [-0.39, 0.29) is 13.0 Å². The second-order valence-electron chi connectivity index (χ2n) is 3.04. The molecule has 0 saturated carbocycles. The van der Waals surface area contributed by atoms with E-state index in [4.69, 9.17) is 5.11 Å². The molecule has 0 unspecified atom stereocenters. The Labute approximate surface area is 98.3 Å². The fourth-order valence-electron chi connectivity index (χ4n) is 1.03. The molecular formula is C10H12N2O3S.